The third-order valence-corrected chi connectivity index (χ3v) is 2.48. The van der Waals surface area contributed by atoms with Crippen LogP contribution >= 0.6 is 0 Å². The van der Waals surface area contributed by atoms with Gasteiger partial charge in [-0.25, -0.2) is 9.37 Å². The van der Waals surface area contributed by atoms with Gasteiger partial charge < -0.3 is 15.7 Å². The number of amidine groups is 1. The molecular weight excluding hydrogens is 283 g/mol. The van der Waals surface area contributed by atoms with Gasteiger partial charge in [0.25, 0.3) is 0 Å². The van der Waals surface area contributed by atoms with E-state index in [0.29, 0.717) is 0 Å². The van der Waals surface area contributed by atoms with Crippen molar-refractivity contribution < 1.29 is 19.3 Å². The standard InChI is InChI=1S/C12H9FN4O4/c13-7-3-4-10(9(6-7)17(19)20)21-12-8(11(14)16-18)2-1-5-15-12/h1-6,18H,(H2,14,16). The summed E-state index contributed by atoms with van der Waals surface area (Å²) < 4.78 is 18.3. The first-order valence-electron chi connectivity index (χ1n) is 5.57. The van der Waals surface area contributed by atoms with Crippen LogP contribution in [0, 0.1) is 15.9 Å². The molecule has 8 nitrogen and oxygen atoms in total. The molecule has 2 rings (SSSR count). The average Bonchev–Trinajstić information content (AvgIpc) is 2.48. The van der Waals surface area contributed by atoms with Gasteiger partial charge in [0.05, 0.1) is 16.6 Å². The predicted octanol–water partition coefficient (Wildman–Crippen LogP) is 2.02. The van der Waals surface area contributed by atoms with Crippen LogP contribution in [-0.2, 0) is 0 Å². The monoisotopic (exact) mass is 292 g/mol. The lowest BCUT2D eigenvalue weighted by Gasteiger charge is -2.09. The third-order valence-electron chi connectivity index (χ3n) is 2.48. The highest BCUT2D eigenvalue weighted by Crippen LogP contribution is 2.32. The van der Waals surface area contributed by atoms with Gasteiger partial charge >= 0.3 is 5.69 Å². The molecule has 1 aromatic carbocycles. The molecule has 1 heterocycles. The van der Waals surface area contributed by atoms with Gasteiger partial charge in [-0.3, -0.25) is 10.1 Å². The molecule has 0 atom stereocenters. The minimum absolute atomic E-state index is 0.109. The van der Waals surface area contributed by atoms with E-state index in [1.807, 2.05) is 0 Å². The molecule has 0 aliphatic carbocycles. The van der Waals surface area contributed by atoms with E-state index in [0.717, 1.165) is 18.2 Å². The minimum Gasteiger partial charge on any atom is -0.431 e. The van der Waals surface area contributed by atoms with Crippen LogP contribution in [0.15, 0.2) is 41.7 Å². The van der Waals surface area contributed by atoms with Crippen LogP contribution < -0.4 is 10.5 Å². The first kappa shape index (κ1) is 14.2. The van der Waals surface area contributed by atoms with E-state index in [1.54, 1.807) is 0 Å². The van der Waals surface area contributed by atoms with Crippen molar-refractivity contribution >= 4 is 11.5 Å². The number of nitrogens with two attached hydrogens (primary N) is 1. The van der Waals surface area contributed by atoms with Crippen LogP contribution in [0.4, 0.5) is 10.1 Å². The summed E-state index contributed by atoms with van der Waals surface area (Å²) in [5, 5.41) is 22.4. The second kappa shape index (κ2) is 5.82. The zero-order valence-corrected chi connectivity index (χ0v) is 10.4. The van der Waals surface area contributed by atoms with E-state index in [9.17, 15) is 14.5 Å². The second-order valence-corrected chi connectivity index (χ2v) is 3.81. The molecule has 21 heavy (non-hydrogen) atoms. The highest BCUT2D eigenvalue weighted by molar-refractivity contribution is 5.99. The smallest absolute Gasteiger partial charge is 0.314 e. The van der Waals surface area contributed by atoms with Crippen LogP contribution in [0.2, 0.25) is 0 Å². The molecule has 0 saturated carbocycles. The molecule has 0 spiro atoms. The number of nitrogens with zero attached hydrogens (tertiary/aromatic N) is 3. The lowest BCUT2D eigenvalue weighted by Crippen LogP contribution is -2.14. The molecule has 0 aliphatic rings. The molecule has 2 aromatic rings. The van der Waals surface area contributed by atoms with Gasteiger partial charge in [0.1, 0.15) is 5.82 Å². The number of aromatic nitrogens is 1. The van der Waals surface area contributed by atoms with Crippen LogP contribution in [0.5, 0.6) is 11.6 Å². The Morgan fingerprint density at radius 2 is 2.24 bits per heavy atom. The number of ether oxygens (including phenoxy) is 1. The normalized spacial score (nSPS) is 11.2. The van der Waals surface area contributed by atoms with E-state index in [4.69, 9.17) is 15.7 Å². The summed E-state index contributed by atoms with van der Waals surface area (Å²) in [6.45, 7) is 0. The van der Waals surface area contributed by atoms with Crippen molar-refractivity contribution in [3.8, 4) is 11.6 Å². The molecule has 0 unspecified atom stereocenters. The Morgan fingerprint density at radius 3 is 2.90 bits per heavy atom. The van der Waals surface area contributed by atoms with Gasteiger partial charge in [-0.05, 0) is 24.3 Å². The first-order chi connectivity index (χ1) is 10.0. The van der Waals surface area contributed by atoms with E-state index in [2.05, 4.69) is 10.1 Å². The van der Waals surface area contributed by atoms with Crippen LogP contribution in [0.3, 0.4) is 0 Å². The van der Waals surface area contributed by atoms with Crippen LogP contribution in [-0.4, -0.2) is 21.0 Å². The molecular formula is C12H9FN4O4. The minimum atomic E-state index is -0.787. The number of nitro groups is 1. The number of halogens is 1. The Hall–Kier alpha value is -3.23. The van der Waals surface area contributed by atoms with Gasteiger partial charge in [0, 0.05) is 6.20 Å². The maximum atomic E-state index is 13.1. The van der Waals surface area contributed by atoms with Gasteiger partial charge in [-0.2, -0.15) is 0 Å². The number of oxime groups is 1. The topological polar surface area (TPSA) is 124 Å². The van der Waals surface area contributed by atoms with Crippen molar-refractivity contribution in [2.45, 2.75) is 0 Å². The largest absolute Gasteiger partial charge is 0.431 e. The van der Waals surface area contributed by atoms with E-state index in [1.165, 1.54) is 18.3 Å². The summed E-state index contributed by atoms with van der Waals surface area (Å²) in [7, 11) is 0. The molecule has 0 bridgehead atoms. The molecule has 0 fully saturated rings. The van der Waals surface area contributed by atoms with Gasteiger partial charge in [-0.1, -0.05) is 5.16 Å². The second-order valence-electron chi connectivity index (χ2n) is 3.81. The highest BCUT2D eigenvalue weighted by atomic mass is 19.1. The summed E-state index contributed by atoms with van der Waals surface area (Å²) in [6, 6.07) is 5.79. The van der Waals surface area contributed by atoms with E-state index < -0.39 is 16.4 Å². The number of hydrogen-bond acceptors (Lipinski definition) is 6. The fourth-order valence-electron chi connectivity index (χ4n) is 1.54. The molecule has 0 aliphatic heterocycles. The van der Waals surface area contributed by atoms with Crippen molar-refractivity contribution in [2.24, 2.45) is 10.9 Å². The molecule has 0 radical (unpaired) electrons. The lowest BCUT2D eigenvalue weighted by atomic mass is 10.2. The SMILES string of the molecule is NC(=NO)c1cccnc1Oc1ccc(F)cc1[N+](=O)[O-]. The quantitative estimate of drug-likeness (QED) is 0.292. The van der Waals surface area contributed by atoms with Crippen molar-refractivity contribution in [1.82, 2.24) is 4.98 Å². The maximum absolute atomic E-state index is 13.1. The maximum Gasteiger partial charge on any atom is 0.314 e. The number of pyridine rings is 1. The summed E-state index contributed by atoms with van der Waals surface area (Å²) in [5.74, 6) is -1.37. The van der Waals surface area contributed by atoms with Crippen molar-refractivity contribution in [2.75, 3.05) is 0 Å². The Balaban J connectivity index is 2.46. The number of hydrogen-bond donors (Lipinski definition) is 2. The van der Waals surface area contributed by atoms with Crippen molar-refractivity contribution in [3.63, 3.8) is 0 Å². The Morgan fingerprint density at radius 1 is 1.48 bits per heavy atom. The summed E-state index contributed by atoms with van der Waals surface area (Å²) in [4.78, 5) is 14.0. The van der Waals surface area contributed by atoms with Crippen molar-refractivity contribution in [1.29, 1.82) is 0 Å². The zero-order chi connectivity index (χ0) is 15.4. The average molecular weight is 292 g/mol. The zero-order valence-electron chi connectivity index (χ0n) is 10.4. The number of benzene rings is 1. The Labute approximate surface area is 117 Å². The van der Waals surface area contributed by atoms with E-state index >= 15 is 0 Å². The molecule has 1 aromatic heterocycles. The highest BCUT2D eigenvalue weighted by Gasteiger charge is 2.19. The molecule has 9 heteroatoms. The first-order valence-corrected chi connectivity index (χ1v) is 5.57. The molecule has 0 saturated heterocycles. The van der Waals surface area contributed by atoms with Gasteiger partial charge in [0.15, 0.2) is 5.84 Å². The third kappa shape index (κ3) is 3.03. The van der Waals surface area contributed by atoms with Crippen molar-refractivity contribution in [3.05, 3.63) is 58.0 Å². The summed E-state index contributed by atoms with van der Waals surface area (Å²) >= 11 is 0. The fourth-order valence-corrected chi connectivity index (χ4v) is 1.54. The van der Waals surface area contributed by atoms with E-state index in [-0.39, 0.29) is 23.0 Å². The molecule has 0 amide bonds. The fraction of sp³-hybridized carbons (Fsp3) is 0. The van der Waals surface area contributed by atoms with Crippen LogP contribution in [0.1, 0.15) is 5.56 Å². The van der Waals surface area contributed by atoms with Crippen LogP contribution in [0.25, 0.3) is 0 Å². The van der Waals surface area contributed by atoms with Gasteiger partial charge in [-0.15, -0.1) is 0 Å². The lowest BCUT2D eigenvalue weighted by molar-refractivity contribution is -0.385. The van der Waals surface area contributed by atoms with Gasteiger partial charge in [0.2, 0.25) is 11.6 Å². The number of rotatable bonds is 4. The molecule has 108 valence electrons. The Kier molecular flexibility index (Phi) is 3.93. The Bertz CT molecular complexity index is 720. The summed E-state index contributed by atoms with van der Waals surface area (Å²) in [6.07, 6.45) is 1.36. The molecule has 3 N–H and O–H groups in total. The number of nitro benzene ring substituents is 1. The predicted molar refractivity (Wildman–Crippen MR) is 69.9 cm³/mol. The summed E-state index contributed by atoms with van der Waals surface area (Å²) in [5.41, 5.74) is 5.03.